The summed E-state index contributed by atoms with van der Waals surface area (Å²) in [5.74, 6) is -4.07. The molecule has 1 saturated carbocycles. The van der Waals surface area contributed by atoms with E-state index in [1.165, 1.54) is 4.90 Å². The molecule has 0 spiro atoms. The maximum Gasteiger partial charge on any atom is 0.422 e. The molecule has 2 heterocycles. The maximum absolute atomic E-state index is 12.6. The molecule has 2 unspecified atom stereocenters. The minimum Gasteiger partial charge on any atom is -0.449 e. The number of halogens is 7. The van der Waals surface area contributed by atoms with E-state index in [-0.39, 0.29) is 5.92 Å². The summed E-state index contributed by atoms with van der Waals surface area (Å²) in [5, 5.41) is 4.02. The van der Waals surface area contributed by atoms with Gasteiger partial charge in [-0.05, 0) is 54.8 Å². The van der Waals surface area contributed by atoms with Crippen LogP contribution < -0.4 is 0 Å². The fourth-order valence-corrected chi connectivity index (χ4v) is 4.09. The number of carbonyl (C=O) groups excluding carboxylic acids is 4. The lowest BCUT2D eigenvalue weighted by atomic mass is 9.89. The quantitative estimate of drug-likeness (QED) is 0.213. The number of alkyl halides is 6. The molecule has 0 radical (unpaired) electrons. The third-order valence-corrected chi connectivity index (χ3v) is 6.16. The van der Waals surface area contributed by atoms with Crippen LogP contribution >= 0.6 is 11.6 Å². The van der Waals surface area contributed by atoms with Crippen LogP contribution in [0.2, 0.25) is 0 Å². The fourth-order valence-electron chi connectivity index (χ4n) is 4.04. The van der Waals surface area contributed by atoms with Gasteiger partial charge in [-0.25, -0.2) is 9.59 Å². The average Bonchev–Trinajstić information content (AvgIpc) is 3.63. The molecule has 220 valence electrons. The van der Waals surface area contributed by atoms with E-state index in [2.05, 4.69) is 26.2 Å². The van der Waals surface area contributed by atoms with Gasteiger partial charge in [0, 0.05) is 18.1 Å². The van der Waals surface area contributed by atoms with Crippen molar-refractivity contribution in [2.75, 3.05) is 19.8 Å². The van der Waals surface area contributed by atoms with Crippen LogP contribution in [-0.4, -0.2) is 69.9 Å². The number of rotatable bonds is 5. The number of hydrogen-bond donors (Lipinski definition) is 0. The normalized spacial score (nSPS) is 19.4. The van der Waals surface area contributed by atoms with E-state index in [1.807, 2.05) is 36.0 Å². The Kier molecular flexibility index (Phi) is 9.69. The highest BCUT2D eigenvalue weighted by molar-refractivity contribution is 6.80. The fraction of sp³-hybridized carbons (Fsp3) is 0.542. The van der Waals surface area contributed by atoms with Crippen molar-refractivity contribution in [2.24, 2.45) is 5.92 Å². The zero-order chi connectivity index (χ0) is 29.8. The lowest BCUT2D eigenvalue weighted by molar-refractivity contribution is -0.190. The topological polar surface area (TPSA) is 108 Å². The second-order valence-electron chi connectivity index (χ2n) is 9.47. The molecule has 1 aliphatic heterocycles. The predicted octanol–water partition coefficient (Wildman–Crippen LogP) is 4.63. The molecule has 40 heavy (non-hydrogen) atoms. The van der Waals surface area contributed by atoms with Gasteiger partial charge >= 0.3 is 35.4 Å². The number of fused-ring (bicyclic) bond motifs is 1. The first kappa shape index (κ1) is 31.2. The van der Waals surface area contributed by atoms with Gasteiger partial charge in [-0.15, -0.1) is 0 Å². The van der Waals surface area contributed by atoms with Crippen molar-refractivity contribution in [1.82, 2.24) is 14.7 Å². The highest BCUT2D eigenvalue weighted by Gasteiger charge is 2.37. The van der Waals surface area contributed by atoms with Gasteiger partial charge in [0.15, 0.2) is 13.2 Å². The molecule has 16 heteroatoms. The number of nitrogens with zero attached hydrogens (tertiary/aromatic N) is 3. The van der Waals surface area contributed by atoms with E-state index >= 15 is 0 Å². The van der Waals surface area contributed by atoms with Crippen LogP contribution in [0, 0.1) is 5.92 Å². The minimum absolute atomic E-state index is 0.142. The summed E-state index contributed by atoms with van der Waals surface area (Å²) in [6.45, 7) is -1.34. The molecular formula is C24H24ClF6N3O6. The molecule has 1 amide bonds. The Balaban J connectivity index is 0.000000342. The number of likely N-dealkylation sites (tertiary alicyclic amines) is 1. The number of carbonyl (C=O) groups is 4. The highest BCUT2D eigenvalue weighted by atomic mass is 35.5. The van der Waals surface area contributed by atoms with E-state index < -0.39 is 54.7 Å². The van der Waals surface area contributed by atoms with Crippen LogP contribution in [0.3, 0.4) is 0 Å². The zero-order valence-electron chi connectivity index (χ0n) is 20.9. The van der Waals surface area contributed by atoms with Gasteiger partial charge in [-0.3, -0.25) is 14.3 Å². The van der Waals surface area contributed by atoms with Crippen LogP contribution in [-0.2, 0) is 28.7 Å². The molecular weight excluding hydrogens is 576 g/mol. The van der Waals surface area contributed by atoms with E-state index in [4.69, 9.17) is 0 Å². The van der Waals surface area contributed by atoms with Crippen molar-refractivity contribution in [2.45, 2.75) is 57.0 Å². The number of amides is 1. The molecule has 2 aliphatic rings. The molecule has 4 rings (SSSR count). The standard InChI is InChI=1S/C20H22F3N3O3.C4H2ClF3O3/c1-12-2-7-17(25(9-12)18(27)19(28)29-11-20(21,22)23)13-3-4-14-10-26(15-5-6-15)24-16(14)8-13;5-2(9)3(10)11-1-4(6,7)8/h3-4,8,10,12,15,17H,2,5-7,9,11H2,1H3;1H2. The third-order valence-electron chi connectivity index (χ3n) is 6.00. The third kappa shape index (κ3) is 9.10. The largest absolute Gasteiger partial charge is 0.449 e. The summed E-state index contributed by atoms with van der Waals surface area (Å²) >= 11 is 4.48. The number of piperidine rings is 1. The molecule has 1 saturated heterocycles. The summed E-state index contributed by atoms with van der Waals surface area (Å²) in [5.41, 5.74) is 1.63. The smallest absolute Gasteiger partial charge is 0.422 e. The summed E-state index contributed by atoms with van der Waals surface area (Å²) in [4.78, 5) is 45.6. The summed E-state index contributed by atoms with van der Waals surface area (Å²) in [6, 6.07) is 5.77. The van der Waals surface area contributed by atoms with Crippen molar-refractivity contribution in [3.8, 4) is 0 Å². The molecule has 1 aromatic heterocycles. The first-order chi connectivity index (χ1) is 18.5. The number of ether oxygens (including phenoxy) is 2. The van der Waals surface area contributed by atoms with E-state index in [1.54, 1.807) is 0 Å². The molecule has 2 fully saturated rings. The van der Waals surface area contributed by atoms with E-state index in [9.17, 15) is 45.5 Å². The van der Waals surface area contributed by atoms with Crippen LogP contribution in [0.5, 0.6) is 0 Å². The molecule has 1 aliphatic carbocycles. The Morgan fingerprint density at radius 2 is 1.55 bits per heavy atom. The van der Waals surface area contributed by atoms with E-state index in [0.29, 0.717) is 19.0 Å². The number of hydrogen-bond acceptors (Lipinski definition) is 7. The van der Waals surface area contributed by atoms with Gasteiger partial charge < -0.3 is 14.4 Å². The molecule has 1 aromatic carbocycles. The Morgan fingerprint density at radius 3 is 2.10 bits per heavy atom. The van der Waals surface area contributed by atoms with Crippen LogP contribution in [0.1, 0.15) is 50.3 Å². The molecule has 9 nitrogen and oxygen atoms in total. The summed E-state index contributed by atoms with van der Waals surface area (Å²) < 4.78 is 80.3. The van der Waals surface area contributed by atoms with Gasteiger partial charge in [-0.2, -0.15) is 31.4 Å². The Bertz CT molecular complexity index is 1260. The minimum atomic E-state index is -4.67. The van der Waals surface area contributed by atoms with Crippen molar-refractivity contribution < 1.29 is 55.0 Å². The number of aromatic nitrogens is 2. The summed E-state index contributed by atoms with van der Waals surface area (Å²) in [6.07, 6.45) is -3.61. The predicted molar refractivity (Wildman–Crippen MR) is 126 cm³/mol. The van der Waals surface area contributed by atoms with Crippen molar-refractivity contribution in [1.29, 1.82) is 0 Å². The van der Waals surface area contributed by atoms with Crippen molar-refractivity contribution >= 4 is 45.6 Å². The monoisotopic (exact) mass is 599 g/mol. The van der Waals surface area contributed by atoms with Crippen molar-refractivity contribution in [3.63, 3.8) is 0 Å². The molecule has 0 bridgehead atoms. The molecule has 2 atom stereocenters. The SMILES string of the molecule is CC1CCC(c2ccc3cn(C4CC4)nc3c2)N(C(=O)C(=O)OCC(F)(F)F)C1.O=C(Cl)C(=O)OCC(F)(F)F. The molecule has 0 N–H and O–H groups in total. The summed E-state index contributed by atoms with van der Waals surface area (Å²) in [7, 11) is 0. The second-order valence-corrected chi connectivity index (χ2v) is 9.81. The van der Waals surface area contributed by atoms with Gasteiger partial charge in [0.25, 0.3) is 0 Å². The first-order valence-corrected chi connectivity index (χ1v) is 12.4. The highest BCUT2D eigenvalue weighted by Crippen LogP contribution is 2.37. The van der Waals surface area contributed by atoms with Crippen LogP contribution in [0.25, 0.3) is 10.9 Å². The van der Waals surface area contributed by atoms with Crippen LogP contribution in [0.15, 0.2) is 24.4 Å². The van der Waals surface area contributed by atoms with Crippen molar-refractivity contribution in [3.05, 3.63) is 30.0 Å². The van der Waals surface area contributed by atoms with Gasteiger partial charge in [0.1, 0.15) is 0 Å². The Hall–Kier alpha value is -3.36. The van der Waals surface area contributed by atoms with Gasteiger partial charge in [0.2, 0.25) is 0 Å². The van der Waals surface area contributed by atoms with E-state index in [0.717, 1.165) is 35.7 Å². The molecule has 2 aromatic rings. The zero-order valence-corrected chi connectivity index (χ0v) is 21.7. The number of esters is 2. The Labute approximate surface area is 228 Å². The average molecular weight is 600 g/mol. The number of benzene rings is 1. The maximum atomic E-state index is 12.6. The second kappa shape index (κ2) is 12.4. The first-order valence-electron chi connectivity index (χ1n) is 12.0. The lowest BCUT2D eigenvalue weighted by Crippen LogP contribution is -2.45. The van der Waals surface area contributed by atoms with Crippen LogP contribution in [0.4, 0.5) is 26.3 Å². The Morgan fingerprint density at radius 1 is 0.950 bits per heavy atom. The van der Waals surface area contributed by atoms with Gasteiger partial charge in [0.05, 0.1) is 17.6 Å². The lowest BCUT2D eigenvalue weighted by Gasteiger charge is -2.38. The van der Waals surface area contributed by atoms with Gasteiger partial charge in [-0.1, -0.05) is 19.1 Å².